The van der Waals surface area contributed by atoms with Gasteiger partial charge in [-0.1, -0.05) is 42.5 Å². The third-order valence-corrected chi connectivity index (χ3v) is 7.62. The van der Waals surface area contributed by atoms with Crippen LogP contribution in [0.3, 0.4) is 0 Å². The Bertz CT molecular complexity index is 1290. The number of ether oxygens (including phenoxy) is 1. The Morgan fingerprint density at radius 3 is 2.29 bits per heavy atom. The van der Waals surface area contributed by atoms with Crippen molar-refractivity contribution in [1.82, 2.24) is 14.5 Å². The second-order valence-corrected chi connectivity index (χ2v) is 10.3. The van der Waals surface area contributed by atoms with Crippen LogP contribution in [0.2, 0.25) is 0 Å². The second kappa shape index (κ2) is 11.3. The summed E-state index contributed by atoms with van der Waals surface area (Å²) in [6, 6.07) is 18.7. The molecule has 0 spiro atoms. The van der Waals surface area contributed by atoms with Gasteiger partial charge in [0.05, 0.1) is 18.6 Å². The molecule has 1 N–H and O–H groups in total. The molecule has 0 saturated carbocycles. The maximum absolute atomic E-state index is 13.3. The van der Waals surface area contributed by atoms with E-state index in [4.69, 9.17) is 4.74 Å². The van der Waals surface area contributed by atoms with Crippen molar-refractivity contribution in [2.75, 3.05) is 27.2 Å². The van der Waals surface area contributed by atoms with Crippen LogP contribution in [-0.2, 0) is 26.2 Å². The van der Waals surface area contributed by atoms with Gasteiger partial charge in [0.25, 0.3) is 0 Å². The van der Waals surface area contributed by atoms with Crippen LogP contribution in [0, 0.1) is 0 Å². The SMILES string of the molecule is CCNC(=O)[C@@H](C)N(Cc1ccc(OC)cc1)C(=O)CN(C)S(=O)(=O)c1ccc2ccccc2c1. The molecule has 0 aliphatic heterocycles. The van der Waals surface area contributed by atoms with Gasteiger partial charge in [0, 0.05) is 20.1 Å². The van der Waals surface area contributed by atoms with Gasteiger partial charge < -0.3 is 15.0 Å². The third kappa shape index (κ3) is 6.17. The van der Waals surface area contributed by atoms with E-state index in [1.54, 1.807) is 57.4 Å². The predicted octanol–water partition coefficient (Wildman–Crippen LogP) is 3.02. The van der Waals surface area contributed by atoms with Crippen molar-refractivity contribution in [3.05, 3.63) is 72.3 Å². The fourth-order valence-electron chi connectivity index (χ4n) is 3.71. The average molecular weight is 498 g/mol. The minimum atomic E-state index is -3.93. The van der Waals surface area contributed by atoms with Crippen molar-refractivity contribution in [2.45, 2.75) is 31.3 Å². The van der Waals surface area contributed by atoms with Gasteiger partial charge in [-0.3, -0.25) is 9.59 Å². The lowest BCUT2D eigenvalue weighted by atomic mass is 10.1. The van der Waals surface area contributed by atoms with E-state index in [1.165, 1.54) is 18.0 Å². The molecule has 3 aromatic carbocycles. The summed E-state index contributed by atoms with van der Waals surface area (Å²) in [6.45, 7) is 3.58. The number of hydrogen-bond donors (Lipinski definition) is 1. The minimum absolute atomic E-state index is 0.102. The molecular formula is C26H31N3O5S. The number of carbonyl (C=O) groups excluding carboxylic acids is 2. The lowest BCUT2D eigenvalue weighted by molar-refractivity contribution is -0.140. The molecule has 3 aromatic rings. The molecule has 35 heavy (non-hydrogen) atoms. The van der Waals surface area contributed by atoms with Crippen LogP contribution in [0.15, 0.2) is 71.6 Å². The molecule has 0 saturated heterocycles. The topological polar surface area (TPSA) is 96.0 Å². The summed E-state index contributed by atoms with van der Waals surface area (Å²) in [5, 5.41) is 4.44. The molecule has 0 bridgehead atoms. The number of sulfonamides is 1. The molecule has 0 aliphatic rings. The predicted molar refractivity (Wildman–Crippen MR) is 135 cm³/mol. The van der Waals surface area contributed by atoms with E-state index in [-0.39, 0.29) is 17.3 Å². The number of nitrogens with zero attached hydrogens (tertiary/aromatic N) is 2. The summed E-state index contributed by atoms with van der Waals surface area (Å²) in [5.41, 5.74) is 0.787. The third-order valence-electron chi connectivity index (χ3n) is 5.82. The van der Waals surface area contributed by atoms with Crippen molar-refractivity contribution >= 4 is 32.6 Å². The summed E-state index contributed by atoms with van der Waals surface area (Å²) in [5.74, 6) is -0.120. The number of methoxy groups -OCH3 is 1. The molecular weight excluding hydrogens is 466 g/mol. The number of amides is 2. The van der Waals surface area contributed by atoms with E-state index in [2.05, 4.69) is 5.32 Å². The number of rotatable bonds is 10. The van der Waals surface area contributed by atoms with Gasteiger partial charge in [-0.05, 0) is 54.4 Å². The van der Waals surface area contributed by atoms with Gasteiger partial charge in [0.2, 0.25) is 21.8 Å². The molecule has 2 amide bonds. The monoisotopic (exact) mass is 497 g/mol. The molecule has 0 heterocycles. The van der Waals surface area contributed by atoms with Crippen LogP contribution < -0.4 is 10.1 Å². The van der Waals surface area contributed by atoms with Gasteiger partial charge in [-0.25, -0.2) is 8.42 Å². The molecule has 8 nitrogen and oxygen atoms in total. The minimum Gasteiger partial charge on any atom is -0.497 e. The highest BCUT2D eigenvalue weighted by molar-refractivity contribution is 7.89. The van der Waals surface area contributed by atoms with Crippen LogP contribution in [-0.4, -0.2) is 62.7 Å². The number of carbonyl (C=O) groups is 2. The van der Waals surface area contributed by atoms with E-state index in [9.17, 15) is 18.0 Å². The maximum atomic E-state index is 13.3. The van der Waals surface area contributed by atoms with E-state index in [0.29, 0.717) is 12.3 Å². The Hall–Kier alpha value is -3.43. The molecule has 0 unspecified atom stereocenters. The molecule has 186 valence electrons. The van der Waals surface area contributed by atoms with E-state index >= 15 is 0 Å². The van der Waals surface area contributed by atoms with E-state index in [1.807, 2.05) is 24.3 Å². The molecule has 9 heteroatoms. The number of likely N-dealkylation sites (N-methyl/N-ethyl adjacent to an activating group) is 2. The van der Waals surface area contributed by atoms with Gasteiger partial charge in [0.15, 0.2) is 0 Å². The lowest BCUT2D eigenvalue weighted by Gasteiger charge is -2.30. The maximum Gasteiger partial charge on any atom is 0.243 e. The van der Waals surface area contributed by atoms with Crippen LogP contribution in [0.5, 0.6) is 5.75 Å². The first-order chi connectivity index (χ1) is 16.7. The summed E-state index contributed by atoms with van der Waals surface area (Å²) < 4.78 is 32.7. The van der Waals surface area contributed by atoms with Gasteiger partial charge in [-0.15, -0.1) is 0 Å². The molecule has 0 aromatic heterocycles. The van der Waals surface area contributed by atoms with E-state index < -0.39 is 28.5 Å². The number of fused-ring (bicyclic) bond motifs is 1. The first-order valence-corrected chi connectivity index (χ1v) is 12.8. The fraction of sp³-hybridized carbons (Fsp3) is 0.308. The number of benzene rings is 3. The first-order valence-electron chi connectivity index (χ1n) is 11.3. The first kappa shape index (κ1) is 26.2. The molecule has 0 radical (unpaired) electrons. The number of nitrogens with one attached hydrogen (secondary N) is 1. The van der Waals surface area contributed by atoms with Crippen LogP contribution in [0.25, 0.3) is 10.8 Å². The summed E-state index contributed by atoms with van der Waals surface area (Å²) in [4.78, 5) is 27.4. The van der Waals surface area contributed by atoms with Crippen LogP contribution >= 0.6 is 0 Å². The van der Waals surface area contributed by atoms with Crippen LogP contribution in [0.4, 0.5) is 0 Å². The highest BCUT2D eigenvalue weighted by atomic mass is 32.2. The standard InChI is InChI=1S/C26H31N3O5S/c1-5-27-26(31)19(2)29(17-20-10-13-23(34-4)14-11-20)25(30)18-28(3)35(32,33)24-15-12-21-8-6-7-9-22(21)16-24/h6-16,19H,5,17-18H2,1-4H3,(H,27,31)/t19-/m1/s1. The van der Waals surface area contributed by atoms with Crippen molar-refractivity contribution in [1.29, 1.82) is 0 Å². The molecule has 0 fully saturated rings. The summed E-state index contributed by atoms with van der Waals surface area (Å²) in [7, 11) is -0.999. The van der Waals surface area contributed by atoms with Gasteiger partial charge in [-0.2, -0.15) is 4.31 Å². The molecule has 0 aliphatic carbocycles. The summed E-state index contributed by atoms with van der Waals surface area (Å²) in [6.07, 6.45) is 0. The lowest BCUT2D eigenvalue weighted by Crippen LogP contribution is -2.50. The van der Waals surface area contributed by atoms with Gasteiger partial charge >= 0.3 is 0 Å². The van der Waals surface area contributed by atoms with Gasteiger partial charge in [0.1, 0.15) is 11.8 Å². The zero-order chi connectivity index (χ0) is 25.6. The highest BCUT2D eigenvalue weighted by Crippen LogP contribution is 2.22. The van der Waals surface area contributed by atoms with Crippen molar-refractivity contribution < 1.29 is 22.7 Å². The Labute approximate surface area is 206 Å². The van der Waals surface area contributed by atoms with Crippen molar-refractivity contribution in [3.8, 4) is 5.75 Å². The van der Waals surface area contributed by atoms with Crippen molar-refractivity contribution in [3.63, 3.8) is 0 Å². The average Bonchev–Trinajstić information content (AvgIpc) is 2.86. The normalized spacial score (nSPS) is 12.4. The molecule has 1 atom stereocenters. The zero-order valence-electron chi connectivity index (χ0n) is 20.4. The fourth-order valence-corrected chi connectivity index (χ4v) is 4.86. The Morgan fingerprint density at radius 1 is 1.00 bits per heavy atom. The Morgan fingerprint density at radius 2 is 1.66 bits per heavy atom. The molecule has 3 rings (SSSR count). The van der Waals surface area contributed by atoms with Crippen LogP contribution in [0.1, 0.15) is 19.4 Å². The quantitative estimate of drug-likeness (QED) is 0.465. The summed E-state index contributed by atoms with van der Waals surface area (Å²) >= 11 is 0. The largest absolute Gasteiger partial charge is 0.497 e. The van der Waals surface area contributed by atoms with E-state index in [0.717, 1.165) is 20.6 Å². The Kier molecular flexibility index (Phi) is 8.48. The second-order valence-electron chi connectivity index (χ2n) is 8.21. The zero-order valence-corrected chi connectivity index (χ0v) is 21.2. The Balaban J connectivity index is 1.83. The number of hydrogen-bond acceptors (Lipinski definition) is 5. The smallest absolute Gasteiger partial charge is 0.243 e. The van der Waals surface area contributed by atoms with Crippen molar-refractivity contribution in [2.24, 2.45) is 0 Å². The highest BCUT2D eigenvalue weighted by Gasteiger charge is 2.30.